The van der Waals surface area contributed by atoms with Crippen LogP contribution in [0.5, 0.6) is 0 Å². The first kappa shape index (κ1) is 11.9. The fraction of sp³-hybridized carbons (Fsp3) is 0.800. The molecule has 0 radical (unpaired) electrons. The standard InChI is InChI=1S/C15H24O/c1-11(16)12-7-5-8-13-14(2,3)9-6-10-15(12,13)4/h8,12H,5-7,9-10H2,1-4H3/t12-,15-/m1/s1. The van der Waals surface area contributed by atoms with Crippen LogP contribution in [0.4, 0.5) is 0 Å². The second-order valence-electron chi connectivity index (χ2n) is 6.51. The van der Waals surface area contributed by atoms with E-state index >= 15 is 0 Å². The van der Waals surface area contributed by atoms with Crippen molar-refractivity contribution in [2.45, 2.75) is 59.8 Å². The Hall–Kier alpha value is -0.590. The topological polar surface area (TPSA) is 17.1 Å². The van der Waals surface area contributed by atoms with Crippen molar-refractivity contribution in [1.29, 1.82) is 0 Å². The van der Waals surface area contributed by atoms with Crippen molar-refractivity contribution in [3.8, 4) is 0 Å². The van der Waals surface area contributed by atoms with Gasteiger partial charge in [-0.1, -0.05) is 38.8 Å². The molecule has 0 N–H and O–H groups in total. The minimum atomic E-state index is 0.159. The molecule has 2 aliphatic carbocycles. The van der Waals surface area contributed by atoms with Gasteiger partial charge in [-0.15, -0.1) is 0 Å². The monoisotopic (exact) mass is 220 g/mol. The van der Waals surface area contributed by atoms with Crippen LogP contribution in [0.25, 0.3) is 0 Å². The summed E-state index contributed by atoms with van der Waals surface area (Å²) in [5.41, 5.74) is 2.03. The van der Waals surface area contributed by atoms with Gasteiger partial charge < -0.3 is 0 Å². The molecule has 0 aliphatic heterocycles. The molecule has 16 heavy (non-hydrogen) atoms. The fourth-order valence-electron chi connectivity index (χ4n) is 4.18. The number of Topliss-reactive ketones (excluding diaryl/α,β-unsaturated/α-hetero) is 1. The molecule has 1 nitrogen and oxygen atoms in total. The average Bonchev–Trinajstić information content (AvgIpc) is 2.15. The van der Waals surface area contributed by atoms with Gasteiger partial charge in [-0.05, 0) is 43.4 Å². The number of carbonyl (C=O) groups is 1. The smallest absolute Gasteiger partial charge is 0.133 e. The molecule has 0 heterocycles. The summed E-state index contributed by atoms with van der Waals surface area (Å²) in [5.74, 6) is 0.665. The number of fused-ring (bicyclic) bond motifs is 1. The van der Waals surface area contributed by atoms with Crippen LogP contribution in [-0.2, 0) is 4.79 Å². The molecule has 2 rings (SSSR count). The minimum absolute atomic E-state index is 0.159. The van der Waals surface area contributed by atoms with E-state index in [0.717, 1.165) is 12.8 Å². The molecule has 0 spiro atoms. The zero-order valence-corrected chi connectivity index (χ0v) is 11.1. The van der Waals surface area contributed by atoms with Crippen LogP contribution in [0.15, 0.2) is 11.6 Å². The Labute approximate surface area is 99.3 Å². The summed E-state index contributed by atoms with van der Waals surface area (Å²) in [5, 5.41) is 0. The number of hydrogen-bond donors (Lipinski definition) is 0. The van der Waals surface area contributed by atoms with Crippen molar-refractivity contribution < 1.29 is 4.79 Å². The largest absolute Gasteiger partial charge is 0.300 e. The highest BCUT2D eigenvalue weighted by Crippen LogP contribution is 2.57. The van der Waals surface area contributed by atoms with Crippen LogP contribution in [-0.4, -0.2) is 5.78 Å². The van der Waals surface area contributed by atoms with Gasteiger partial charge in [-0.2, -0.15) is 0 Å². The summed E-state index contributed by atoms with van der Waals surface area (Å²) < 4.78 is 0. The Morgan fingerprint density at radius 2 is 2.00 bits per heavy atom. The number of carbonyl (C=O) groups excluding carboxylic acids is 1. The Kier molecular flexibility index (Phi) is 2.76. The molecular weight excluding hydrogens is 196 g/mol. The maximum Gasteiger partial charge on any atom is 0.133 e. The van der Waals surface area contributed by atoms with Crippen molar-refractivity contribution in [2.75, 3.05) is 0 Å². The van der Waals surface area contributed by atoms with E-state index in [4.69, 9.17) is 0 Å². The van der Waals surface area contributed by atoms with E-state index in [0.29, 0.717) is 11.2 Å². The number of ketones is 1. The van der Waals surface area contributed by atoms with E-state index in [1.807, 2.05) is 0 Å². The predicted molar refractivity (Wildman–Crippen MR) is 67.2 cm³/mol. The van der Waals surface area contributed by atoms with Crippen LogP contribution >= 0.6 is 0 Å². The Balaban J connectivity index is 2.43. The molecule has 0 aromatic heterocycles. The molecule has 2 atom stereocenters. The third-order valence-electron chi connectivity index (χ3n) is 4.91. The van der Waals surface area contributed by atoms with Gasteiger partial charge in [0, 0.05) is 5.92 Å². The molecule has 1 fully saturated rings. The van der Waals surface area contributed by atoms with Gasteiger partial charge >= 0.3 is 0 Å². The summed E-state index contributed by atoms with van der Waals surface area (Å²) >= 11 is 0. The summed E-state index contributed by atoms with van der Waals surface area (Å²) in [6.45, 7) is 8.79. The molecule has 0 aromatic rings. The lowest BCUT2D eigenvalue weighted by Gasteiger charge is -2.51. The average molecular weight is 220 g/mol. The second kappa shape index (κ2) is 3.72. The van der Waals surface area contributed by atoms with E-state index in [1.165, 1.54) is 19.3 Å². The lowest BCUT2D eigenvalue weighted by molar-refractivity contribution is -0.125. The van der Waals surface area contributed by atoms with Crippen LogP contribution in [0.3, 0.4) is 0 Å². The van der Waals surface area contributed by atoms with Gasteiger partial charge in [-0.25, -0.2) is 0 Å². The molecule has 0 bridgehead atoms. The predicted octanol–water partition coefficient (Wildman–Crippen LogP) is 4.13. The molecule has 2 aliphatic rings. The van der Waals surface area contributed by atoms with Crippen molar-refractivity contribution in [2.24, 2.45) is 16.7 Å². The quantitative estimate of drug-likeness (QED) is 0.607. The Morgan fingerprint density at radius 3 is 2.62 bits per heavy atom. The molecule has 0 saturated heterocycles. The van der Waals surface area contributed by atoms with Crippen LogP contribution in [0.2, 0.25) is 0 Å². The fourth-order valence-corrected chi connectivity index (χ4v) is 4.18. The van der Waals surface area contributed by atoms with Gasteiger partial charge in [0.25, 0.3) is 0 Å². The number of hydrogen-bond acceptors (Lipinski definition) is 1. The van der Waals surface area contributed by atoms with Crippen LogP contribution in [0, 0.1) is 16.7 Å². The molecule has 0 amide bonds. The molecule has 1 heteroatoms. The van der Waals surface area contributed by atoms with Crippen LogP contribution in [0.1, 0.15) is 59.8 Å². The third-order valence-corrected chi connectivity index (χ3v) is 4.91. The van der Waals surface area contributed by atoms with E-state index < -0.39 is 0 Å². The zero-order chi connectivity index (χ0) is 12.0. The van der Waals surface area contributed by atoms with Gasteiger partial charge in [0.2, 0.25) is 0 Å². The highest BCUT2D eigenvalue weighted by Gasteiger charge is 2.48. The van der Waals surface area contributed by atoms with E-state index in [1.54, 1.807) is 12.5 Å². The summed E-state index contributed by atoms with van der Waals surface area (Å²) in [6.07, 6.45) is 8.33. The van der Waals surface area contributed by atoms with Crippen molar-refractivity contribution >= 4 is 5.78 Å². The first-order valence-corrected chi connectivity index (χ1v) is 6.59. The summed E-state index contributed by atoms with van der Waals surface area (Å²) in [4.78, 5) is 11.8. The first-order chi connectivity index (χ1) is 7.38. The lowest BCUT2D eigenvalue weighted by Crippen LogP contribution is -2.44. The third kappa shape index (κ3) is 1.65. The molecular formula is C15H24O. The summed E-state index contributed by atoms with van der Waals surface area (Å²) in [6, 6.07) is 0. The molecule has 0 aromatic carbocycles. The number of rotatable bonds is 1. The Bertz CT molecular complexity index is 337. The van der Waals surface area contributed by atoms with E-state index in [9.17, 15) is 4.79 Å². The molecule has 1 saturated carbocycles. The van der Waals surface area contributed by atoms with Gasteiger partial charge in [0.05, 0.1) is 0 Å². The maximum atomic E-state index is 11.8. The lowest BCUT2D eigenvalue weighted by atomic mass is 9.52. The van der Waals surface area contributed by atoms with Crippen molar-refractivity contribution in [1.82, 2.24) is 0 Å². The molecule has 90 valence electrons. The zero-order valence-electron chi connectivity index (χ0n) is 11.1. The van der Waals surface area contributed by atoms with E-state index in [-0.39, 0.29) is 11.3 Å². The van der Waals surface area contributed by atoms with E-state index in [2.05, 4.69) is 26.8 Å². The Morgan fingerprint density at radius 1 is 1.31 bits per heavy atom. The van der Waals surface area contributed by atoms with Crippen molar-refractivity contribution in [3.63, 3.8) is 0 Å². The van der Waals surface area contributed by atoms with Crippen LogP contribution < -0.4 is 0 Å². The highest BCUT2D eigenvalue weighted by molar-refractivity contribution is 5.80. The minimum Gasteiger partial charge on any atom is -0.300 e. The second-order valence-corrected chi connectivity index (χ2v) is 6.51. The highest BCUT2D eigenvalue weighted by atomic mass is 16.1. The molecule has 0 unspecified atom stereocenters. The number of allylic oxidation sites excluding steroid dienone is 2. The first-order valence-electron chi connectivity index (χ1n) is 6.59. The maximum absolute atomic E-state index is 11.8. The SMILES string of the molecule is CC(=O)[C@H]1CCC=C2C(C)(C)CCC[C@@]21C. The van der Waals surface area contributed by atoms with Crippen molar-refractivity contribution in [3.05, 3.63) is 11.6 Å². The van der Waals surface area contributed by atoms with Gasteiger partial charge in [-0.3, -0.25) is 4.79 Å². The van der Waals surface area contributed by atoms with Gasteiger partial charge in [0.15, 0.2) is 0 Å². The van der Waals surface area contributed by atoms with Gasteiger partial charge in [0.1, 0.15) is 5.78 Å². The summed E-state index contributed by atoms with van der Waals surface area (Å²) in [7, 11) is 0. The normalized spacial score (nSPS) is 37.5.